The van der Waals surface area contributed by atoms with Crippen LogP contribution in [0.1, 0.15) is 24.2 Å². The number of halogens is 1. The molecule has 0 saturated carbocycles. The average molecular weight is 333 g/mol. The molecule has 0 unspecified atom stereocenters. The van der Waals surface area contributed by atoms with E-state index in [1.807, 2.05) is 22.6 Å². The molecule has 0 aliphatic heterocycles. The van der Waals surface area contributed by atoms with E-state index in [9.17, 15) is 9.90 Å². The van der Waals surface area contributed by atoms with E-state index >= 15 is 0 Å². The maximum absolute atomic E-state index is 12.0. The molecule has 3 nitrogen and oxygen atoms in total. The zero-order valence-corrected chi connectivity index (χ0v) is 11.9. The fourth-order valence-electron chi connectivity index (χ4n) is 1.50. The minimum absolute atomic E-state index is 0.0552. The second kappa shape index (κ2) is 5.52. The molecule has 1 rings (SSSR count). The minimum atomic E-state index is -0.0552. The van der Waals surface area contributed by atoms with Crippen LogP contribution in [0.5, 0.6) is 5.75 Å². The van der Waals surface area contributed by atoms with Gasteiger partial charge in [-0.2, -0.15) is 0 Å². The molecule has 88 valence electrons. The summed E-state index contributed by atoms with van der Waals surface area (Å²) >= 11 is 2.03. The van der Waals surface area contributed by atoms with Crippen molar-refractivity contribution in [2.45, 2.75) is 13.8 Å². The van der Waals surface area contributed by atoms with Crippen LogP contribution in [0.25, 0.3) is 0 Å². The van der Waals surface area contributed by atoms with Crippen molar-refractivity contribution in [2.24, 2.45) is 5.92 Å². The molecule has 0 saturated heterocycles. The molecule has 0 atom stereocenters. The van der Waals surface area contributed by atoms with Crippen LogP contribution < -0.4 is 0 Å². The van der Waals surface area contributed by atoms with Gasteiger partial charge >= 0.3 is 0 Å². The molecule has 1 aromatic rings. The summed E-state index contributed by atoms with van der Waals surface area (Å²) in [6, 6.07) is 4.99. The molecule has 16 heavy (non-hydrogen) atoms. The Kier molecular flexibility index (Phi) is 4.58. The van der Waals surface area contributed by atoms with Gasteiger partial charge in [-0.1, -0.05) is 13.8 Å². The number of carbonyl (C=O) groups excluding carboxylic acids is 1. The van der Waals surface area contributed by atoms with Gasteiger partial charge in [0, 0.05) is 19.2 Å². The van der Waals surface area contributed by atoms with E-state index in [1.165, 1.54) is 6.07 Å². The standard InChI is InChI=1S/C12H16INO2/c1-8(2)7-14(3)12(16)9-4-5-10(13)11(15)6-9/h4-6,8,15H,7H2,1-3H3. The maximum Gasteiger partial charge on any atom is 0.253 e. The number of nitrogens with zero attached hydrogens (tertiary/aromatic N) is 1. The molecule has 0 radical (unpaired) electrons. The Morgan fingerprint density at radius 1 is 1.50 bits per heavy atom. The first-order chi connectivity index (χ1) is 7.41. The zero-order valence-electron chi connectivity index (χ0n) is 9.70. The number of hydrogen-bond acceptors (Lipinski definition) is 2. The zero-order chi connectivity index (χ0) is 12.3. The smallest absolute Gasteiger partial charge is 0.253 e. The van der Waals surface area contributed by atoms with Crippen LogP contribution in [-0.2, 0) is 0 Å². The normalized spacial score (nSPS) is 10.6. The largest absolute Gasteiger partial charge is 0.507 e. The quantitative estimate of drug-likeness (QED) is 0.864. The molecule has 4 heteroatoms. The van der Waals surface area contributed by atoms with E-state index in [4.69, 9.17) is 0 Å². The molecule has 0 aliphatic rings. The lowest BCUT2D eigenvalue weighted by atomic mass is 10.1. The van der Waals surface area contributed by atoms with Gasteiger partial charge in [0.15, 0.2) is 0 Å². The van der Waals surface area contributed by atoms with Crippen molar-refractivity contribution in [1.29, 1.82) is 0 Å². The number of hydrogen-bond donors (Lipinski definition) is 1. The van der Waals surface area contributed by atoms with Gasteiger partial charge in [-0.25, -0.2) is 0 Å². The molecule has 1 aromatic carbocycles. The van der Waals surface area contributed by atoms with Crippen LogP contribution in [-0.4, -0.2) is 29.5 Å². The SMILES string of the molecule is CC(C)CN(C)C(=O)c1ccc(I)c(O)c1. The summed E-state index contributed by atoms with van der Waals surface area (Å²) in [6.45, 7) is 4.84. The predicted octanol–water partition coefficient (Wildman–Crippen LogP) is 2.72. The number of phenols is 1. The molecule has 0 bridgehead atoms. The minimum Gasteiger partial charge on any atom is -0.507 e. The molecule has 0 fully saturated rings. The lowest BCUT2D eigenvalue weighted by Gasteiger charge is -2.19. The Labute approximate surface area is 110 Å². The van der Waals surface area contributed by atoms with Crippen molar-refractivity contribution in [3.05, 3.63) is 27.3 Å². The molecule has 1 N–H and O–H groups in total. The Morgan fingerprint density at radius 2 is 2.12 bits per heavy atom. The molecule has 0 aliphatic carbocycles. The van der Waals surface area contributed by atoms with Crippen LogP contribution in [0.15, 0.2) is 18.2 Å². The van der Waals surface area contributed by atoms with Gasteiger partial charge in [0.2, 0.25) is 0 Å². The predicted molar refractivity (Wildman–Crippen MR) is 72.6 cm³/mol. The molecule has 1 amide bonds. The number of amides is 1. The maximum atomic E-state index is 12.0. The molecule has 0 heterocycles. The van der Waals surface area contributed by atoms with Crippen LogP contribution in [0.4, 0.5) is 0 Å². The third-order valence-electron chi connectivity index (χ3n) is 2.18. The Balaban J connectivity index is 2.84. The summed E-state index contributed by atoms with van der Waals surface area (Å²) in [5.41, 5.74) is 0.529. The number of rotatable bonds is 3. The van der Waals surface area contributed by atoms with E-state index in [1.54, 1.807) is 24.1 Å². The van der Waals surface area contributed by atoms with Crippen molar-refractivity contribution < 1.29 is 9.90 Å². The van der Waals surface area contributed by atoms with Gasteiger partial charge in [0.25, 0.3) is 5.91 Å². The molecular formula is C12H16INO2. The first-order valence-corrected chi connectivity index (χ1v) is 6.23. The van der Waals surface area contributed by atoms with E-state index < -0.39 is 0 Å². The summed E-state index contributed by atoms with van der Waals surface area (Å²) < 4.78 is 0.751. The third kappa shape index (κ3) is 3.37. The van der Waals surface area contributed by atoms with Gasteiger partial charge in [-0.3, -0.25) is 4.79 Å². The number of aromatic hydroxyl groups is 1. The van der Waals surface area contributed by atoms with Crippen molar-refractivity contribution in [3.63, 3.8) is 0 Å². The summed E-state index contributed by atoms with van der Waals surface area (Å²) in [4.78, 5) is 13.6. The summed E-state index contributed by atoms with van der Waals surface area (Å²) in [5, 5.41) is 9.53. The number of carbonyl (C=O) groups is 1. The second-order valence-electron chi connectivity index (χ2n) is 4.25. The van der Waals surface area contributed by atoms with Crippen LogP contribution in [0.2, 0.25) is 0 Å². The summed E-state index contributed by atoms with van der Waals surface area (Å²) in [7, 11) is 1.78. The third-order valence-corrected chi connectivity index (χ3v) is 3.09. The highest BCUT2D eigenvalue weighted by Gasteiger charge is 2.13. The van der Waals surface area contributed by atoms with Gasteiger partial charge in [-0.15, -0.1) is 0 Å². The highest BCUT2D eigenvalue weighted by molar-refractivity contribution is 14.1. The van der Waals surface area contributed by atoms with Crippen molar-refractivity contribution in [1.82, 2.24) is 4.90 Å². The van der Waals surface area contributed by atoms with Gasteiger partial charge < -0.3 is 10.0 Å². The topological polar surface area (TPSA) is 40.5 Å². The van der Waals surface area contributed by atoms with Crippen molar-refractivity contribution >= 4 is 28.5 Å². The van der Waals surface area contributed by atoms with Gasteiger partial charge in [0.05, 0.1) is 3.57 Å². The van der Waals surface area contributed by atoms with Crippen molar-refractivity contribution in [3.8, 4) is 5.75 Å². The molecule has 0 spiro atoms. The number of benzene rings is 1. The van der Waals surface area contributed by atoms with Gasteiger partial charge in [-0.05, 0) is 46.7 Å². The van der Waals surface area contributed by atoms with Crippen molar-refractivity contribution in [2.75, 3.05) is 13.6 Å². The molecule has 0 aromatic heterocycles. The fourth-order valence-corrected chi connectivity index (χ4v) is 1.83. The number of phenolic OH excluding ortho intramolecular Hbond substituents is 1. The van der Waals surface area contributed by atoms with E-state index in [2.05, 4.69) is 13.8 Å². The second-order valence-corrected chi connectivity index (χ2v) is 5.41. The lowest BCUT2D eigenvalue weighted by molar-refractivity contribution is 0.0778. The summed E-state index contributed by atoms with van der Waals surface area (Å²) in [5.74, 6) is 0.538. The lowest BCUT2D eigenvalue weighted by Crippen LogP contribution is -2.30. The van der Waals surface area contributed by atoms with E-state index in [0.717, 1.165) is 3.57 Å². The monoisotopic (exact) mass is 333 g/mol. The van der Waals surface area contributed by atoms with Gasteiger partial charge in [0.1, 0.15) is 5.75 Å². The van der Waals surface area contributed by atoms with Crippen LogP contribution >= 0.6 is 22.6 Å². The fraction of sp³-hybridized carbons (Fsp3) is 0.417. The Morgan fingerprint density at radius 3 is 2.62 bits per heavy atom. The summed E-state index contributed by atoms with van der Waals surface area (Å²) in [6.07, 6.45) is 0. The van der Waals surface area contributed by atoms with E-state index in [0.29, 0.717) is 18.0 Å². The highest BCUT2D eigenvalue weighted by Crippen LogP contribution is 2.21. The first-order valence-electron chi connectivity index (χ1n) is 5.15. The Hall–Kier alpha value is -0.780. The Bertz CT molecular complexity index is 391. The first kappa shape index (κ1) is 13.3. The highest BCUT2D eigenvalue weighted by atomic mass is 127. The van der Waals surface area contributed by atoms with E-state index in [-0.39, 0.29) is 11.7 Å². The van der Waals surface area contributed by atoms with Crippen LogP contribution in [0.3, 0.4) is 0 Å². The molecular weight excluding hydrogens is 317 g/mol. The van der Waals surface area contributed by atoms with Crippen LogP contribution in [0, 0.1) is 9.49 Å². The average Bonchev–Trinajstić information content (AvgIpc) is 2.20.